The van der Waals surface area contributed by atoms with Gasteiger partial charge < -0.3 is 10.1 Å². The molecular weight excluding hydrogens is 426 g/mol. The van der Waals surface area contributed by atoms with Crippen LogP contribution in [0.2, 0.25) is 0 Å². The van der Waals surface area contributed by atoms with Crippen molar-refractivity contribution in [1.82, 2.24) is 9.29 Å². The summed E-state index contributed by atoms with van der Waals surface area (Å²) >= 11 is 1.07. The van der Waals surface area contributed by atoms with E-state index in [0.717, 1.165) is 36.2 Å². The van der Waals surface area contributed by atoms with E-state index in [1.54, 1.807) is 31.2 Å². The molecule has 30 heavy (non-hydrogen) atoms. The summed E-state index contributed by atoms with van der Waals surface area (Å²) in [6, 6.07) is 6.69. The molecule has 0 saturated carbocycles. The Labute approximate surface area is 180 Å². The number of nitrogens with one attached hydrogen (secondary N) is 1. The van der Waals surface area contributed by atoms with E-state index in [2.05, 4.69) is 15.0 Å². The van der Waals surface area contributed by atoms with Gasteiger partial charge in [0.1, 0.15) is 4.88 Å². The van der Waals surface area contributed by atoms with Crippen LogP contribution in [0, 0.1) is 6.92 Å². The van der Waals surface area contributed by atoms with E-state index in [-0.39, 0.29) is 17.2 Å². The molecule has 8 nitrogen and oxygen atoms in total. The maximum absolute atomic E-state index is 12.7. The van der Waals surface area contributed by atoms with Crippen LogP contribution in [0.5, 0.6) is 0 Å². The Morgan fingerprint density at radius 1 is 1.17 bits per heavy atom. The fourth-order valence-corrected chi connectivity index (χ4v) is 5.67. The Bertz CT molecular complexity index is 1010. The first-order valence-corrected chi connectivity index (χ1v) is 12.0. The number of amides is 1. The summed E-state index contributed by atoms with van der Waals surface area (Å²) in [6.45, 7) is 2.81. The molecule has 10 heteroatoms. The molecule has 2 heterocycles. The normalized spacial score (nSPS) is 15.0. The highest BCUT2D eigenvalue weighted by Crippen LogP contribution is 2.24. The van der Waals surface area contributed by atoms with Gasteiger partial charge in [-0.15, -0.1) is 0 Å². The predicted octanol–water partition coefficient (Wildman–Crippen LogP) is 2.98. The number of piperidine rings is 1. The Balaban J connectivity index is 1.56. The molecule has 1 aromatic heterocycles. The molecule has 1 aliphatic heterocycles. The lowest BCUT2D eigenvalue weighted by atomic mass is 10.1. The number of aryl methyl sites for hydroxylation is 2. The van der Waals surface area contributed by atoms with Gasteiger partial charge in [0.2, 0.25) is 15.9 Å². The van der Waals surface area contributed by atoms with Gasteiger partial charge in [0, 0.05) is 19.5 Å². The highest BCUT2D eigenvalue weighted by molar-refractivity contribution is 7.89. The second kappa shape index (κ2) is 9.67. The summed E-state index contributed by atoms with van der Waals surface area (Å²) in [7, 11) is -2.16. The summed E-state index contributed by atoms with van der Waals surface area (Å²) in [5, 5.41) is 3.04. The molecule has 0 atom stereocenters. The number of nitrogens with zero attached hydrogens (tertiary/aromatic N) is 2. The van der Waals surface area contributed by atoms with Crippen LogP contribution in [0.4, 0.5) is 5.13 Å². The number of methoxy groups -OCH3 is 1. The van der Waals surface area contributed by atoms with Crippen molar-refractivity contribution in [2.75, 3.05) is 25.5 Å². The van der Waals surface area contributed by atoms with Crippen molar-refractivity contribution >= 4 is 38.4 Å². The van der Waals surface area contributed by atoms with Crippen molar-refractivity contribution in [2.24, 2.45) is 0 Å². The largest absolute Gasteiger partial charge is 0.465 e. The van der Waals surface area contributed by atoms with Crippen molar-refractivity contribution in [3.63, 3.8) is 0 Å². The van der Waals surface area contributed by atoms with Gasteiger partial charge in [0.15, 0.2) is 5.13 Å². The van der Waals surface area contributed by atoms with Crippen LogP contribution in [0.15, 0.2) is 29.2 Å². The predicted molar refractivity (Wildman–Crippen MR) is 114 cm³/mol. The second-order valence-corrected chi connectivity index (χ2v) is 10.0. The van der Waals surface area contributed by atoms with Crippen LogP contribution >= 0.6 is 11.3 Å². The minimum atomic E-state index is -3.45. The summed E-state index contributed by atoms with van der Waals surface area (Å²) < 4.78 is 31.6. The van der Waals surface area contributed by atoms with Gasteiger partial charge in [-0.2, -0.15) is 4.31 Å². The van der Waals surface area contributed by atoms with Gasteiger partial charge in [0.05, 0.1) is 17.7 Å². The first kappa shape index (κ1) is 22.4. The van der Waals surface area contributed by atoms with E-state index < -0.39 is 16.0 Å². The molecule has 162 valence electrons. The number of carbonyl (C=O) groups is 2. The summed E-state index contributed by atoms with van der Waals surface area (Å²) in [6.07, 6.45) is 3.53. The quantitative estimate of drug-likeness (QED) is 0.649. The van der Waals surface area contributed by atoms with Gasteiger partial charge in [-0.05, 0) is 43.9 Å². The maximum atomic E-state index is 12.7. The molecule has 1 aromatic carbocycles. The number of hydrogen-bond acceptors (Lipinski definition) is 7. The zero-order valence-corrected chi connectivity index (χ0v) is 18.6. The molecule has 0 unspecified atom stereocenters. The topological polar surface area (TPSA) is 106 Å². The van der Waals surface area contributed by atoms with Crippen molar-refractivity contribution in [2.45, 2.75) is 43.9 Å². The Kier molecular flexibility index (Phi) is 7.22. The Hall–Kier alpha value is -2.30. The van der Waals surface area contributed by atoms with Crippen LogP contribution in [0.25, 0.3) is 0 Å². The molecule has 1 amide bonds. The van der Waals surface area contributed by atoms with E-state index in [1.807, 2.05) is 0 Å². The Morgan fingerprint density at radius 3 is 2.47 bits per heavy atom. The third kappa shape index (κ3) is 5.24. The van der Waals surface area contributed by atoms with Crippen LogP contribution in [0.1, 0.15) is 46.6 Å². The Morgan fingerprint density at radius 2 is 1.83 bits per heavy atom. The van der Waals surface area contributed by atoms with E-state index in [0.29, 0.717) is 35.2 Å². The number of esters is 1. The highest BCUT2D eigenvalue weighted by Gasteiger charge is 2.25. The number of ether oxygens (including phenoxy) is 1. The maximum Gasteiger partial charge on any atom is 0.350 e. The fourth-order valence-electron chi connectivity index (χ4n) is 3.25. The van der Waals surface area contributed by atoms with Gasteiger partial charge in [0.25, 0.3) is 0 Å². The summed E-state index contributed by atoms with van der Waals surface area (Å²) in [5.41, 5.74) is 1.38. The molecule has 0 spiro atoms. The number of benzene rings is 1. The van der Waals surface area contributed by atoms with E-state index in [4.69, 9.17) is 0 Å². The fraction of sp³-hybridized carbons (Fsp3) is 0.450. The first-order chi connectivity index (χ1) is 14.3. The number of thiazole rings is 1. The molecule has 0 aliphatic carbocycles. The number of rotatable bonds is 7. The summed E-state index contributed by atoms with van der Waals surface area (Å²) in [4.78, 5) is 28.7. The van der Waals surface area contributed by atoms with Crippen molar-refractivity contribution < 1.29 is 22.7 Å². The molecular formula is C20H25N3O5S2. The zero-order chi connectivity index (χ0) is 21.7. The number of aromatic nitrogens is 1. The second-order valence-electron chi connectivity index (χ2n) is 7.08. The monoisotopic (exact) mass is 451 g/mol. The van der Waals surface area contributed by atoms with Crippen LogP contribution in [0.3, 0.4) is 0 Å². The standard InChI is InChI=1S/C20H25N3O5S2/c1-14-18(19(25)28-2)29-20(21-14)22-17(24)11-8-15-6-9-16(10-7-15)30(26,27)23-12-4-3-5-13-23/h6-7,9-10H,3-5,8,11-13H2,1-2H3,(H,21,22,24). The first-order valence-electron chi connectivity index (χ1n) is 9.76. The molecule has 2 aromatic rings. The van der Waals surface area contributed by atoms with Crippen molar-refractivity contribution in [3.05, 3.63) is 40.4 Å². The molecule has 0 radical (unpaired) electrons. The molecule has 1 N–H and O–H groups in total. The van der Waals surface area contributed by atoms with Crippen molar-refractivity contribution in [1.29, 1.82) is 0 Å². The van der Waals surface area contributed by atoms with Gasteiger partial charge >= 0.3 is 5.97 Å². The molecule has 0 bridgehead atoms. The highest BCUT2D eigenvalue weighted by atomic mass is 32.2. The van der Waals surface area contributed by atoms with Gasteiger partial charge in [-0.3, -0.25) is 4.79 Å². The zero-order valence-electron chi connectivity index (χ0n) is 17.0. The summed E-state index contributed by atoms with van der Waals surface area (Å²) in [5.74, 6) is -0.713. The number of carbonyl (C=O) groups excluding carboxylic acids is 2. The van der Waals surface area contributed by atoms with Gasteiger partial charge in [-0.25, -0.2) is 18.2 Å². The van der Waals surface area contributed by atoms with E-state index >= 15 is 0 Å². The van der Waals surface area contributed by atoms with Gasteiger partial charge in [-0.1, -0.05) is 29.9 Å². The SMILES string of the molecule is COC(=O)c1sc(NC(=O)CCc2ccc(S(=O)(=O)N3CCCCC3)cc2)nc1C. The lowest BCUT2D eigenvalue weighted by Crippen LogP contribution is -2.35. The lowest BCUT2D eigenvalue weighted by molar-refractivity contribution is -0.116. The third-order valence-electron chi connectivity index (χ3n) is 4.93. The third-order valence-corrected chi connectivity index (χ3v) is 7.90. The average Bonchev–Trinajstić information content (AvgIpc) is 3.12. The minimum Gasteiger partial charge on any atom is -0.465 e. The number of hydrogen-bond donors (Lipinski definition) is 1. The van der Waals surface area contributed by atoms with E-state index in [9.17, 15) is 18.0 Å². The minimum absolute atomic E-state index is 0.213. The molecule has 1 aliphatic rings. The lowest BCUT2D eigenvalue weighted by Gasteiger charge is -2.25. The van der Waals surface area contributed by atoms with Crippen molar-refractivity contribution in [3.8, 4) is 0 Å². The number of sulfonamides is 1. The van der Waals surface area contributed by atoms with Crippen LogP contribution in [-0.4, -0.2) is 49.8 Å². The van der Waals surface area contributed by atoms with Crippen LogP contribution in [-0.2, 0) is 26.0 Å². The van der Waals surface area contributed by atoms with Crippen LogP contribution < -0.4 is 5.32 Å². The number of anilines is 1. The molecule has 1 saturated heterocycles. The average molecular weight is 452 g/mol. The molecule has 1 fully saturated rings. The van der Waals surface area contributed by atoms with E-state index in [1.165, 1.54) is 11.4 Å². The molecule has 3 rings (SSSR count). The smallest absolute Gasteiger partial charge is 0.350 e.